The van der Waals surface area contributed by atoms with Crippen LogP contribution in [0.5, 0.6) is 0 Å². The van der Waals surface area contributed by atoms with Crippen LogP contribution in [0.1, 0.15) is 54.4 Å². The largest absolute Gasteiger partial charge is 0.462 e. The van der Waals surface area contributed by atoms with Gasteiger partial charge < -0.3 is 20.3 Å². The molecule has 0 unspecified atom stereocenters. The molecule has 28 heavy (non-hydrogen) atoms. The molecular formula is C21H32N4O3. The van der Waals surface area contributed by atoms with Crippen molar-refractivity contribution in [2.75, 3.05) is 27.7 Å². The van der Waals surface area contributed by atoms with Crippen LogP contribution in [0.3, 0.4) is 0 Å². The van der Waals surface area contributed by atoms with Crippen LogP contribution in [0.15, 0.2) is 29.3 Å². The van der Waals surface area contributed by atoms with E-state index in [2.05, 4.69) is 15.6 Å². The second kappa shape index (κ2) is 11.3. The van der Waals surface area contributed by atoms with Crippen molar-refractivity contribution >= 4 is 17.8 Å². The lowest BCUT2D eigenvalue weighted by molar-refractivity contribution is -0.148. The number of guanidine groups is 1. The van der Waals surface area contributed by atoms with Crippen LogP contribution in [-0.4, -0.2) is 56.5 Å². The molecule has 1 aromatic rings. The molecule has 0 saturated heterocycles. The molecule has 1 aromatic carbocycles. The first-order chi connectivity index (χ1) is 13.5. The number of ether oxygens (including phenoxy) is 1. The molecule has 0 aromatic heterocycles. The van der Waals surface area contributed by atoms with E-state index in [1.54, 1.807) is 26.0 Å². The fourth-order valence-electron chi connectivity index (χ4n) is 3.12. The standard InChI is InChI=1S/C21H32N4O3/c1-22-21(23-14-6-9-19(26)28-18-7-4-5-8-18)24-15-16-10-12-17(13-11-16)20(27)25(2)3/h10-13,18H,4-9,14-15H2,1-3H3,(H2,22,23,24). The van der Waals surface area contributed by atoms with Crippen molar-refractivity contribution in [3.05, 3.63) is 35.4 Å². The van der Waals surface area contributed by atoms with Gasteiger partial charge in [-0.05, 0) is 49.8 Å². The van der Waals surface area contributed by atoms with Crippen LogP contribution in [0.4, 0.5) is 0 Å². The zero-order chi connectivity index (χ0) is 20.4. The van der Waals surface area contributed by atoms with Gasteiger partial charge in [-0.1, -0.05) is 12.1 Å². The van der Waals surface area contributed by atoms with Crippen LogP contribution in [-0.2, 0) is 16.1 Å². The van der Waals surface area contributed by atoms with Crippen molar-refractivity contribution in [2.24, 2.45) is 4.99 Å². The summed E-state index contributed by atoms with van der Waals surface area (Å²) in [6.07, 6.45) is 5.59. The van der Waals surface area contributed by atoms with E-state index in [0.29, 0.717) is 37.5 Å². The molecule has 7 heteroatoms. The number of hydrogen-bond donors (Lipinski definition) is 2. The Morgan fingerprint density at radius 1 is 1.14 bits per heavy atom. The van der Waals surface area contributed by atoms with Crippen LogP contribution < -0.4 is 10.6 Å². The Hall–Kier alpha value is -2.57. The summed E-state index contributed by atoms with van der Waals surface area (Å²) >= 11 is 0. The molecule has 1 aliphatic rings. The first-order valence-corrected chi connectivity index (χ1v) is 9.94. The number of benzene rings is 1. The minimum absolute atomic E-state index is 0.0107. The first kappa shape index (κ1) is 21.7. The first-order valence-electron chi connectivity index (χ1n) is 9.94. The van der Waals surface area contributed by atoms with Gasteiger partial charge in [0.2, 0.25) is 0 Å². The van der Waals surface area contributed by atoms with Crippen molar-refractivity contribution in [1.82, 2.24) is 15.5 Å². The smallest absolute Gasteiger partial charge is 0.306 e. The molecule has 0 atom stereocenters. The van der Waals surface area contributed by atoms with Crippen LogP contribution >= 0.6 is 0 Å². The summed E-state index contributed by atoms with van der Waals surface area (Å²) < 4.78 is 5.45. The van der Waals surface area contributed by atoms with Crippen molar-refractivity contribution in [2.45, 2.75) is 51.2 Å². The third kappa shape index (κ3) is 7.21. The molecule has 2 N–H and O–H groups in total. The van der Waals surface area contributed by atoms with Gasteiger partial charge in [0.05, 0.1) is 0 Å². The Bertz CT molecular complexity index is 665. The molecule has 0 aliphatic heterocycles. The summed E-state index contributed by atoms with van der Waals surface area (Å²) in [5.41, 5.74) is 1.72. The number of nitrogens with one attached hydrogen (secondary N) is 2. The zero-order valence-electron chi connectivity index (χ0n) is 17.2. The number of aliphatic imine (C=N–C) groups is 1. The second-order valence-electron chi connectivity index (χ2n) is 7.25. The zero-order valence-corrected chi connectivity index (χ0v) is 17.2. The van der Waals surface area contributed by atoms with Crippen molar-refractivity contribution in [1.29, 1.82) is 0 Å². The highest BCUT2D eigenvalue weighted by atomic mass is 16.5. The van der Waals surface area contributed by atoms with E-state index in [1.165, 1.54) is 0 Å². The van der Waals surface area contributed by atoms with E-state index in [4.69, 9.17) is 4.74 Å². The summed E-state index contributed by atoms with van der Waals surface area (Å²) in [4.78, 5) is 29.5. The van der Waals surface area contributed by atoms with Gasteiger partial charge in [0.1, 0.15) is 6.10 Å². The molecule has 0 spiro atoms. The van der Waals surface area contributed by atoms with E-state index in [-0.39, 0.29) is 18.0 Å². The Labute approximate surface area is 167 Å². The Kier molecular flexibility index (Phi) is 8.78. The van der Waals surface area contributed by atoms with Crippen molar-refractivity contribution < 1.29 is 14.3 Å². The minimum Gasteiger partial charge on any atom is -0.462 e. The van der Waals surface area contributed by atoms with E-state index >= 15 is 0 Å². The number of carbonyl (C=O) groups is 2. The number of carbonyl (C=O) groups excluding carboxylic acids is 2. The number of amides is 1. The lowest BCUT2D eigenvalue weighted by Crippen LogP contribution is -2.37. The Morgan fingerprint density at radius 3 is 2.43 bits per heavy atom. The van der Waals surface area contributed by atoms with Gasteiger partial charge in [-0.25, -0.2) is 0 Å². The minimum atomic E-state index is -0.107. The maximum absolute atomic E-state index is 11.9. The highest BCUT2D eigenvalue weighted by Gasteiger charge is 2.18. The maximum Gasteiger partial charge on any atom is 0.306 e. The Balaban J connectivity index is 1.65. The quantitative estimate of drug-likeness (QED) is 0.309. The lowest BCUT2D eigenvalue weighted by atomic mass is 10.1. The van der Waals surface area contributed by atoms with Crippen LogP contribution in [0, 0.1) is 0 Å². The predicted octanol–water partition coefficient (Wildman–Crippen LogP) is 2.32. The molecule has 154 valence electrons. The third-order valence-electron chi connectivity index (χ3n) is 4.74. The molecule has 7 nitrogen and oxygen atoms in total. The number of rotatable bonds is 8. The van der Waals surface area contributed by atoms with Gasteiger partial charge in [0.15, 0.2) is 5.96 Å². The molecule has 0 bridgehead atoms. The average molecular weight is 389 g/mol. The molecule has 1 fully saturated rings. The fraction of sp³-hybridized carbons (Fsp3) is 0.571. The van der Waals surface area contributed by atoms with E-state index in [1.807, 2.05) is 24.3 Å². The molecule has 0 heterocycles. The van der Waals surface area contributed by atoms with Gasteiger partial charge in [0, 0.05) is 46.2 Å². The fourth-order valence-corrected chi connectivity index (χ4v) is 3.12. The van der Waals surface area contributed by atoms with Crippen LogP contribution in [0.25, 0.3) is 0 Å². The lowest BCUT2D eigenvalue weighted by Gasteiger charge is -2.14. The second-order valence-corrected chi connectivity index (χ2v) is 7.25. The molecule has 2 rings (SSSR count). The highest BCUT2D eigenvalue weighted by Crippen LogP contribution is 2.21. The summed E-state index contributed by atoms with van der Waals surface area (Å²) in [6.45, 7) is 1.25. The monoisotopic (exact) mass is 388 g/mol. The van der Waals surface area contributed by atoms with Crippen LogP contribution in [0.2, 0.25) is 0 Å². The number of nitrogens with zero attached hydrogens (tertiary/aromatic N) is 2. The predicted molar refractivity (Wildman–Crippen MR) is 110 cm³/mol. The van der Waals surface area contributed by atoms with Gasteiger partial charge in [-0.15, -0.1) is 0 Å². The summed E-state index contributed by atoms with van der Waals surface area (Å²) in [5, 5.41) is 6.43. The summed E-state index contributed by atoms with van der Waals surface area (Å²) in [5.74, 6) is 0.560. The number of hydrogen-bond acceptors (Lipinski definition) is 4. The van der Waals surface area contributed by atoms with Gasteiger partial charge >= 0.3 is 5.97 Å². The molecule has 1 saturated carbocycles. The SMILES string of the molecule is CN=C(NCCCC(=O)OC1CCCC1)NCc1ccc(C(=O)N(C)C)cc1. The highest BCUT2D eigenvalue weighted by molar-refractivity contribution is 5.93. The number of esters is 1. The topological polar surface area (TPSA) is 83.0 Å². The summed E-state index contributed by atoms with van der Waals surface area (Å²) in [7, 11) is 5.19. The Morgan fingerprint density at radius 2 is 1.82 bits per heavy atom. The summed E-state index contributed by atoms with van der Waals surface area (Å²) in [6, 6.07) is 7.50. The third-order valence-corrected chi connectivity index (χ3v) is 4.74. The van der Waals surface area contributed by atoms with E-state index < -0.39 is 0 Å². The average Bonchev–Trinajstić information content (AvgIpc) is 3.20. The van der Waals surface area contributed by atoms with Crippen molar-refractivity contribution in [3.8, 4) is 0 Å². The normalized spacial score (nSPS) is 14.6. The van der Waals surface area contributed by atoms with E-state index in [0.717, 1.165) is 31.2 Å². The van der Waals surface area contributed by atoms with Gasteiger partial charge in [0.25, 0.3) is 5.91 Å². The maximum atomic E-state index is 11.9. The molecule has 0 radical (unpaired) electrons. The van der Waals surface area contributed by atoms with E-state index in [9.17, 15) is 9.59 Å². The molecule has 1 aliphatic carbocycles. The molecule has 1 amide bonds. The van der Waals surface area contributed by atoms with Crippen molar-refractivity contribution in [3.63, 3.8) is 0 Å². The van der Waals surface area contributed by atoms with Gasteiger partial charge in [-0.3, -0.25) is 14.6 Å². The molecular weight excluding hydrogens is 356 g/mol. The van der Waals surface area contributed by atoms with Gasteiger partial charge in [-0.2, -0.15) is 0 Å².